The first-order valence-electron chi connectivity index (χ1n) is 6.17. The number of carbonyl (C=O) groups excluding carboxylic acids is 1. The summed E-state index contributed by atoms with van der Waals surface area (Å²) in [5, 5.41) is 1.22. The van der Waals surface area contributed by atoms with Gasteiger partial charge in [0.15, 0.2) is 5.78 Å². The summed E-state index contributed by atoms with van der Waals surface area (Å²) in [7, 11) is -3.84. The fraction of sp³-hybridized carbons (Fsp3) is 0.462. The van der Waals surface area contributed by atoms with Crippen LogP contribution in [0.3, 0.4) is 0 Å². The van der Waals surface area contributed by atoms with Crippen molar-refractivity contribution in [2.45, 2.75) is 25.2 Å². The molecule has 1 aliphatic heterocycles. The highest BCUT2D eigenvalue weighted by atomic mass is 32.2. The molecular weight excluding hydrogens is 266 g/mol. The van der Waals surface area contributed by atoms with E-state index in [4.69, 9.17) is 4.28 Å². The summed E-state index contributed by atoms with van der Waals surface area (Å²) in [6, 6.07) is 6.41. The third kappa shape index (κ3) is 3.40. The minimum Gasteiger partial charge on any atom is -0.298 e. The maximum Gasteiger partial charge on any atom is 0.313 e. The summed E-state index contributed by atoms with van der Waals surface area (Å²) in [5.74, 6) is -0.0210. The Hall–Kier alpha value is -1.24. The van der Waals surface area contributed by atoms with Gasteiger partial charge in [0.25, 0.3) is 0 Å². The van der Waals surface area contributed by atoms with Gasteiger partial charge in [-0.2, -0.15) is 17.8 Å². The number of rotatable bonds is 3. The van der Waals surface area contributed by atoms with Crippen molar-refractivity contribution < 1.29 is 17.5 Å². The number of hydrogen-bond acceptors (Lipinski definition) is 5. The van der Waals surface area contributed by atoms with Gasteiger partial charge in [-0.25, -0.2) is 0 Å². The molecule has 1 saturated heterocycles. The lowest BCUT2D eigenvalue weighted by atomic mass is 9.99. The van der Waals surface area contributed by atoms with E-state index < -0.39 is 10.1 Å². The maximum absolute atomic E-state index is 12.0. The van der Waals surface area contributed by atoms with Crippen molar-refractivity contribution in [3.8, 4) is 0 Å². The number of hydrogen-bond donors (Lipinski definition) is 0. The fourth-order valence-electron chi connectivity index (χ4n) is 1.86. The van der Waals surface area contributed by atoms with E-state index >= 15 is 0 Å². The van der Waals surface area contributed by atoms with Crippen LogP contribution in [0.25, 0.3) is 0 Å². The molecule has 1 atom stereocenters. The van der Waals surface area contributed by atoms with Crippen LogP contribution >= 0.6 is 0 Å². The predicted octanol–water partition coefficient (Wildman–Crippen LogP) is 1.53. The number of carbonyl (C=O) groups is 1. The van der Waals surface area contributed by atoms with Gasteiger partial charge < -0.3 is 0 Å². The molecule has 5 nitrogen and oxygen atoms in total. The van der Waals surface area contributed by atoms with Crippen LogP contribution in [0.4, 0.5) is 0 Å². The molecule has 6 heteroatoms. The van der Waals surface area contributed by atoms with Gasteiger partial charge >= 0.3 is 10.1 Å². The van der Waals surface area contributed by atoms with E-state index in [2.05, 4.69) is 0 Å². The van der Waals surface area contributed by atoms with Crippen molar-refractivity contribution in [1.82, 2.24) is 5.06 Å². The molecule has 0 N–H and O–H groups in total. The van der Waals surface area contributed by atoms with E-state index in [1.54, 1.807) is 12.1 Å². The third-order valence-electron chi connectivity index (χ3n) is 3.21. The number of piperidine rings is 1. The lowest BCUT2D eigenvalue weighted by Gasteiger charge is -2.27. The zero-order valence-corrected chi connectivity index (χ0v) is 11.8. The number of aryl methyl sites for hydroxylation is 1. The van der Waals surface area contributed by atoms with Crippen LogP contribution in [-0.2, 0) is 19.2 Å². The maximum atomic E-state index is 12.0. The molecule has 19 heavy (non-hydrogen) atoms. The Morgan fingerprint density at radius 1 is 1.26 bits per heavy atom. The number of Topliss-reactive ketones (excluding diaryl/α,β-unsaturated/α-hetero) is 1. The van der Waals surface area contributed by atoms with Crippen LogP contribution in [0.5, 0.6) is 0 Å². The zero-order chi connectivity index (χ0) is 14.0. The second-order valence-corrected chi connectivity index (χ2v) is 6.39. The van der Waals surface area contributed by atoms with Gasteiger partial charge in [-0.1, -0.05) is 24.6 Å². The van der Waals surface area contributed by atoms with E-state index in [1.807, 2.05) is 13.8 Å². The van der Waals surface area contributed by atoms with Gasteiger partial charge in [0.2, 0.25) is 0 Å². The Bertz CT molecular complexity index is 565. The molecule has 0 saturated carbocycles. The van der Waals surface area contributed by atoms with Crippen molar-refractivity contribution in [3.63, 3.8) is 0 Å². The molecule has 0 aliphatic carbocycles. The molecule has 1 unspecified atom stereocenters. The van der Waals surface area contributed by atoms with E-state index in [9.17, 15) is 13.2 Å². The van der Waals surface area contributed by atoms with E-state index in [1.165, 1.54) is 17.2 Å². The molecule has 1 aliphatic rings. The van der Waals surface area contributed by atoms with E-state index in [0.717, 1.165) is 5.56 Å². The first-order valence-corrected chi connectivity index (χ1v) is 7.58. The Kier molecular flexibility index (Phi) is 4.03. The molecule has 104 valence electrons. The van der Waals surface area contributed by atoms with Crippen LogP contribution < -0.4 is 0 Å². The highest BCUT2D eigenvalue weighted by Crippen LogP contribution is 2.19. The summed E-state index contributed by atoms with van der Waals surface area (Å²) in [6.45, 7) is 4.18. The second-order valence-electron chi connectivity index (χ2n) is 4.86. The van der Waals surface area contributed by atoms with Crippen molar-refractivity contribution in [2.24, 2.45) is 5.92 Å². The smallest absolute Gasteiger partial charge is 0.298 e. The number of benzene rings is 1. The molecule has 2 rings (SSSR count). The summed E-state index contributed by atoms with van der Waals surface area (Å²) in [5.41, 5.74) is 0.973. The topological polar surface area (TPSA) is 63.7 Å². The van der Waals surface area contributed by atoms with Crippen molar-refractivity contribution in [2.75, 3.05) is 13.1 Å². The third-order valence-corrected chi connectivity index (χ3v) is 4.46. The zero-order valence-electron chi connectivity index (χ0n) is 11.0. The standard InChI is InChI=1S/C13H17NO4S/c1-10-3-5-12(6-4-10)19(16,17)18-14-8-7-11(2)13(15)9-14/h3-6,11H,7-9H2,1-2H3. The Balaban J connectivity index is 2.09. The average molecular weight is 283 g/mol. The van der Waals surface area contributed by atoms with Gasteiger partial charge in [0.1, 0.15) is 0 Å². The molecule has 0 radical (unpaired) electrons. The lowest BCUT2D eigenvalue weighted by Crippen LogP contribution is -2.41. The van der Waals surface area contributed by atoms with E-state index in [0.29, 0.717) is 13.0 Å². The molecule has 0 spiro atoms. The summed E-state index contributed by atoms with van der Waals surface area (Å²) < 4.78 is 29.1. The molecule has 1 aromatic rings. The number of hydroxylamine groups is 2. The highest BCUT2D eigenvalue weighted by Gasteiger charge is 2.28. The lowest BCUT2D eigenvalue weighted by molar-refractivity contribution is -0.140. The monoisotopic (exact) mass is 283 g/mol. The summed E-state index contributed by atoms with van der Waals surface area (Å²) >= 11 is 0. The first kappa shape index (κ1) is 14.2. The van der Waals surface area contributed by atoms with Gasteiger partial charge in [0.05, 0.1) is 11.4 Å². The molecule has 1 aromatic carbocycles. The van der Waals surface area contributed by atoms with Crippen LogP contribution in [0, 0.1) is 12.8 Å². The average Bonchev–Trinajstić information content (AvgIpc) is 2.34. The summed E-state index contributed by atoms with van der Waals surface area (Å²) in [4.78, 5) is 11.7. The van der Waals surface area contributed by atoms with Crippen LogP contribution in [-0.4, -0.2) is 32.4 Å². The van der Waals surface area contributed by atoms with Gasteiger partial charge in [0, 0.05) is 12.5 Å². The normalized spacial score (nSPS) is 21.6. The van der Waals surface area contributed by atoms with E-state index in [-0.39, 0.29) is 23.1 Å². The molecule has 0 bridgehead atoms. The quantitative estimate of drug-likeness (QED) is 0.841. The van der Waals surface area contributed by atoms with Crippen LogP contribution in [0.15, 0.2) is 29.2 Å². The molecule has 1 fully saturated rings. The molecule has 0 amide bonds. The minimum absolute atomic E-state index is 0.00496. The first-order chi connectivity index (χ1) is 8.88. The fourth-order valence-corrected chi connectivity index (χ4v) is 2.82. The largest absolute Gasteiger partial charge is 0.313 e. The van der Waals surface area contributed by atoms with Crippen LogP contribution in [0.2, 0.25) is 0 Å². The van der Waals surface area contributed by atoms with Crippen molar-refractivity contribution >= 4 is 15.9 Å². The van der Waals surface area contributed by atoms with Gasteiger partial charge in [-0.05, 0) is 25.5 Å². The Morgan fingerprint density at radius 2 is 1.89 bits per heavy atom. The summed E-state index contributed by atoms with van der Waals surface area (Å²) in [6.07, 6.45) is 0.613. The predicted molar refractivity (Wildman–Crippen MR) is 69.8 cm³/mol. The molecule has 0 aromatic heterocycles. The van der Waals surface area contributed by atoms with Gasteiger partial charge in [-0.15, -0.1) is 0 Å². The second kappa shape index (κ2) is 5.40. The Morgan fingerprint density at radius 3 is 2.47 bits per heavy atom. The highest BCUT2D eigenvalue weighted by molar-refractivity contribution is 7.86. The van der Waals surface area contributed by atoms with Crippen LogP contribution in [0.1, 0.15) is 18.9 Å². The van der Waals surface area contributed by atoms with Gasteiger partial charge in [-0.3, -0.25) is 4.79 Å². The SMILES string of the molecule is Cc1ccc(S(=O)(=O)ON2CCC(C)C(=O)C2)cc1. The number of ketones is 1. The number of nitrogens with zero attached hydrogens (tertiary/aromatic N) is 1. The van der Waals surface area contributed by atoms with Crippen molar-refractivity contribution in [1.29, 1.82) is 0 Å². The minimum atomic E-state index is -3.84. The molecule has 1 heterocycles. The molecular formula is C13H17NO4S. The Labute approximate surface area is 113 Å². The van der Waals surface area contributed by atoms with Crippen molar-refractivity contribution in [3.05, 3.63) is 29.8 Å².